The van der Waals surface area contributed by atoms with Crippen LogP contribution in [0.15, 0.2) is 78.9 Å². The second-order valence-corrected chi connectivity index (χ2v) is 10.7. The Kier molecular flexibility index (Phi) is 8.28. The quantitative estimate of drug-likeness (QED) is 0.382. The molecule has 2 fully saturated rings. The number of carbonyl (C=O) groups excluding carboxylic acids is 1. The van der Waals surface area contributed by atoms with Gasteiger partial charge in [-0.25, -0.2) is 4.39 Å². The molecule has 5 nitrogen and oxygen atoms in total. The number of anilines is 1. The van der Waals surface area contributed by atoms with Crippen molar-refractivity contribution in [3.05, 3.63) is 95.8 Å². The molecule has 0 aromatic heterocycles. The molecule has 6 heteroatoms. The highest BCUT2D eigenvalue weighted by atomic mass is 19.1. The summed E-state index contributed by atoms with van der Waals surface area (Å²) in [4.78, 5) is 17.1. The van der Waals surface area contributed by atoms with Gasteiger partial charge in [0.1, 0.15) is 11.6 Å². The molecule has 2 aliphatic rings. The summed E-state index contributed by atoms with van der Waals surface area (Å²) in [7, 11) is 0. The van der Waals surface area contributed by atoms with Crippen LogP contribution >= 0.6 is 0 Å². The van der Waals surface area contributed by atoms with Crippen molar-refractivity contribution in [3.8, 4) is 5.75 Å². The highest BCUT2D eigenvalue weighted by molar-refractivity contribution is 5.78. The van der Waals surface area contributed by atoms with Crippen molar-refractivity contribution in [3.63, 3.8) is 0 Å². The zero-order chi connectivity index (χ0) is 26.5. The van der Waals surface area contributed by atoms with E-state index >= 15 is 0 Å². The van der Waals surface area contributed by atoms with E-state index in [0.29, 0.717) is 31.4 Å². The molecule has 5 rings (SSSR count). The van der Waals surface area contributed by atoms with Gasteiger partial charge in [0.25, 0.3) is 5.91 Å². The van der Waals surface area contributed by atoms with Crippen LogP contribution in [0.3, 0.4) is 0 Å². The molecule has 0 spiro atoms. The lowest BCUT2D eigenvalue weighted by atomic mass is 9.76. The number of rotatable bonds is 7. The Morgan fingerprint density at radius 2 is 1.71 bits per heavy atom. The second-order valence-electron chi connectivity index (χ2n) is 10.7. The Balaban J connectivity index is 1.18. The van der Waals surface area contributed by atoms with Crippen LogP contribution in [0.5, 0.6) is 5.75 Å². The number of para-hydroxylation sites is 1. The van der Waals surface area contributed by atoms with E-state index in [1.165, 1.54) is 11.8 Å². The van der Waals surface area contributed by atoms with Gasteiger partial charge in [0.15, 0.2) is 6.61 Å². The van der Waals surface area contributed by atoms with Gasteiger partial charge in [0.2, 0.25) is 0 Å². The first-order valence-electron chi connectivity index (χ1n) is 13.7. The topological polar surface area (TPSA) is 42.0 Å². The van der Waals surface area contributed by atoms with Crippen LogP contribution in [0.2, 0.25) is 0 Å². The van der Waals surface area contributed by atoms with Crippen molar-refractivity contribution in [2.45, 2.75) is 32.3 Å². The Morgan fingerprint density at radius 1 is 0.974 bits per heavy atom. The molecule has 0 unspecified atom stereocenters. The zero-order valence-corrected chi connectivity index (χ0v) is 22.3. The van der Waals surface area contributed by atoms with Gasteiger partial charge < -0.3 is 19.3 Å². The van der Waals surface area contributed by atoms with Gasteiger partial charge in [-0.05, 0) is 59.7 Å². The van der Waals surface area contributed by atoms with Crippen LogP contribution in [0.25, 0.3) is 0 Å². The Morgan fingerprint density at radius 3 is 2.45 bits per heavy atom. The fourth-order valence-corrected chi connectivity index (χ4v) is 5.72. The maximum Gasteiger partial charge on any atom is 0.260 e. The number of amides is 1. The molecule has 2 saturated heterocycles. The first-order valence-corrected chi connectivity index (χ1v) is 13.7. The average molecular weight is 517 g/mol. The molecule has 3 aromatic rings. The molecule has 38 heavy (non-hydrogen) atoms. The van der Waals surface area contributed by atoms with E-state index in [4.69, 9.17) is 9.47 Å². The predicted octanol–water partition coefficient (Wildman–Crippen LogP) is 6.07. The fourth-order valence-electron chi connectivity index (χ4n) is 5.72. The number of piperazine rings is 1. The van der Waals surface area contributed by atoms with E-state index in [-0.39, 0.29) is 36.3 Å². The Bertz CT molecular complexity index is 1210. The smallest absolute Gasteiger partial charge is 0.260 e. The normalized spacial score (nSPS) is 21.9. The van der Waals surface area contributed by atoms with Crippen molar-refractivity contribution in [1.82, 2.24) is 4.90 Å². The summed E-state index contributed by atoms with van der Waals surface area (Å²) >= 11 is 0. The second kappa shape index (κ2) is 12.0. The van der Waals surface area contributed by atoms with Crippen LogP contribution in [0.1, 0.15) is 43.4 Å². The third-order valence-electron chi connectivity index (χ3n) is 7.93. The van der Waals surface area contributed by atoms with Gasteiger partial charge in [-0.2, -0.15) is 0 Å². The highest BCUT2D eigenvalue weighted by Crippen LogP contribution is 2.44. The third kappa shape index (κ3) is 6.02. The minimum Gasteiger partial charge on any atom is -0.484 e. The van der Waals surface area contributed by atoms with Crippen molar-refractivity contribution in [2.24, 2.45) is 11.8 Å². The molecule has 0 radical (unpaired) electrons. The summed E-state index contributed by atoms with van der Waals surface area (Å²) < 4.78 is 26.8. The summed E-state index contributed by atoms with van der Waals surface area (Å²) in [6, 6.07) is 25.2. The molecule has 0 bridgehead atoms. The Hall–Kier alpha value is -3.38. The zero-order valence-electron chi connectivity index (χ0n) is 22.3. The molecule has 200 valence electrons. The van der Waals surface area contributed by atoms with Crippen LogP contribution < -0.4 is 9.64 Å². The summed E-state index contributed by atoms with van der Waals surface area (Å²) in [6.45, 7) is 7.89. The number of benzene rings is 3. The van der Waals surface area contributed by atoms with Crippen LogP contribution in [-0.4, -0.2) is 50.2 Å². The molecular weight excluding hydrogens is 479 g/mol. The number of hydrogen-bond acceptors (Lipinski definition) is 4. The van der Waals surface area contributed by atoms with E-state index in [0.717, 1.165) is 30.6 Å². The fraction of sp³-hybridized carbons (Fsp3) is 0.406. The van der Waals surface area contributed by atoms with E-state index in [9.17, 15) is 9.18 Å². The van der Waals surface area contributed by atoms with Gasteiger partial charge in [-0.3, -0.25) is 4.79 Å². The lowest BCUT2D eigenvalue weighted by molar-refractivity contribution is -0.133. The standard InChI is InChI=1S/C32H37FN2O3/c1-23(2)29-20-25(28-13-6-7-14-30(28)33)21-38-32(29)24-9-8-12-27(19-24)37-22-31(36)35-17-15-34(16-18-35)26-10-4-3-5-11-26/h3-14,19,23,25,29,32H,15-18,20-22H2,1-2H3/t25-,29-,32-/m0/s1. The summed E-state index contributed by atoms with van der Waals surface area (Å²) in [5.41, 5.74) is 2.96. The summed E-state index contributed by atoms with van der Waals surface area (Å²) in [5.74, 6) is 1.16. The Labute approximate surface area is 225 Å². The molecule has 3 aromatic carbocycles. The molecule has 2 aliphatic heterocycles. The lowest BCUT2D eigenvalue weighted by Crippen LogP contribution is -2.50. The highest BCUT2D eigenvalue weighted by Gasteiger charge is 2.36. The maximum absolute atomic E-state index is 14.5. The number of ether oxygens (including phenoxy) is 2. The van der Waals surface area contributed by atoms with Gasteiger partial charge in [-0.15, -0.1) is 0 Å². The molecule has 0 saturated carbocycles. The third-order valence-corrected chi connectivity index (χ3v) is 7.93. The van der Waals surface area contributed by atoms with E-state index in [2.05, 4.69) is 36.9 Å². The maximum atomic E-state index is 14.5. The van der Waals surface area contributed by atoms with Crippen LogP contribution in [0.4, 0.5) is 10.1 Å². The van der Waals surface area contributed by atoms with Gasteiger partial charge >= 0.3 is 0 Å². The monoisotopic (exact) mass is 516 g/mol. The molecular formula is C32H37FN2O3. The van der Waals surface area contributed by atoms with Crippen molar-refractivity contribution < 1.29 is 18.7 Å². The first-order chi connectivity index (χ1) is 18.5. The van der Waals surface area contributed by atoms with Crippen LogP contribution in [-0.2, 0) is 9.53 Å². The van der Waals surface area contributed by atoms with E-state index in [1.807, 2.05) is 53.4 Å². The summed E-state index contributed by atoms with van der Waals surface area (Å²) in [6.07, 6.45) is 0.769. The van der Waals surface area contributed by atoms with Gasteiger partial charge in [-0.1, -0.05) is 62.4 Å². The van der Waals surface area contributed by atoms with Crippen molar-refractivity contribution >= 4 is 11.6 Å². The van der Waals surface area contributed by atoms with Gasteiger partial charge in [0, 0.05) is 37.8 Å². The minimum atomic E-state index is -0.163. The molecule has 3 atom stereocenters. The van der Waals surface area contributed by atoms with Crippen LogP contribution in [0, 0.1) is 17.7 Å². The minimum absolute atomic E-state index is 0.00446. The number of nitrogens with zero attached hydrogens (tertiary/aromatic N) is 2. The molecule has 0 aliphatic carbocycles. The van der Waals surface area contributed by atoms with E-state index < -0.39 is 0 Å². The van der Waals surface area contributed by atoms with Crippen molar-refractivity contribution in [1.29, 1.82) is 0 Å². The van der Waals surface area contributed by atoms with Gasteiger partial charge in [0.05, 0.1) is 12.7 Å². The summed E-state index contributed by atoms with van der Waals surface area (Å²) in [5, 5.41) is 0. The SMILES string of the molecule is CC(C)[C@@H]1C[C@H](c2ccccc2F)CO[C@H]1c1cccc(OCC(=O)N2CCN(c3ccccc3)CC2)c1. The average Bonchev–Trinajstić information content (AvgIpc) is 2.96. The largest absolute Gasteiger partial charge is 0.484 e. The number of halogens is 1. The number of carbonyl (C=O) groups is 1. The first kappa shape index (κ1) is 26.2. The molecule has 1 amide bonds. The lowest BCUT2D eigenvalue weighted by Gasteiger charge is -2.39. The predicted molar refractivity (Wildman–Crippen MR) is 148 cm³/mol. The van der Waals surface area contributed by atoms with Crippen molar-refractivity contribution in [2.75, 3.05) is 44.3 Å². The molecule has 0 N–H and O–H groups in total. The molecule has 2 heterocycles. The number of hydrogen-bond donors (Lipinski definition) is 0. The van der Waals surface area contributed by atoms with E-state index in [1.54, 1.807) is 6.07 Å².